The minimum absolute atomic E-state index is 0.00597. The summed E-state index contributed by atoms with van der Waals surface area (Å²) < 4.78 is 19.1. The Bertz CT molecular complexity index is 830. The number of rotatable bonds is 3. The first kappa shape index (κ1) is 20.0. The average molecular weight is 414 g/mol. The van der Waals surface area contributed by atoms with Crippen LogP contribution in [0.2, 0.25) is 0 Å². The number of esters is 1. The van der Waals surface area contributed by atoms with E-state index in [1.54, 1.807) is 5.57 Å². The summed E-state index contributed by atoms with van der Waals surface area (Å²) in [5.74, 6) is 0.706. The van der Waals surface area contributed by atoms with Gasteiger partial charge in [0.2, 0.25) is 0 Å². The van der Waals surface area contributed by atoms with Crippen LogP contribution in [-0.4, -0.2) is 44.8 Å². The number of halogens is 1. The summed E-state index contributed by atoms with van der Waals surface area (Å²) in [6, 6.07) is 6.77. The van der Waals surface area contributed by atoms with E-state index in [1.165, 1.54) is 36.3 Å². The first-order valence-electron chi connectivity index (χ1n) is 11.7. The third kappa shape index (κ3) is 3.55. The van der Waals surface area contributed by atoms with Crippen LogP contribution in [0.25, 0.3) is 0 Å². The summed E-state index contributed by atoms with van der Waals surface area (Å²) >= 11 is 0. The molecule has 2 heterocycles. The van der Waals surface area contributed by atoms with Gasteiger partial charge in [0.15, 0.2) is 0 Å². The minimum atomic E-state index is -0.192. The van der Waals surface area contributed by atoms with Crippen molar-refractivity contribution in [2.45, 2.75) is 45.6 Å². The van der Waals surface area contributed by atoms with Crippen LogP contribution >= 0.6 is 0 Å². The van der Waals surface area contributed by atoms with Crippen molar-refractivity contribution in [3.05, 3.63) is 41.7 Å². The first-order valence-corrected chi connectivity index (χ1v) is 11.7. The van der Waals surface area contributed by atoms with Gasteiger partial charge in [-0.25, -0.2) is 4.39 Å². The molecule has 1 saturated carbocycles. The monoisotopic (exact) mass is 413 g/mol. The molecule has 0 amide bonds. The van der Waals surface area contributed by atoms with Crippen molar-refractivity contribution in [2.24, 2.45) is 23.2 Å². The van der Waals surface area contributed by atoms with Gasteiger partial charge in [0.05, 0.1) is 32.7 Å². The molecule has 2 saturated heterocycles. The van der Waals surface area contributed by atoms with Crippen molar-refractivity contribution in [3.8, 4) is 0 Å². The molecule has 0 unspecified atom stereocenters. The molecule has 3 fully saturated rings. The van der Waals surface area contributed by atoms with E-state index < -0.39 is 0 Å². The molecule has 4 nitrogen and oxygen atoms in total. The third-order valence-electron chi connectivity index (χ3n) is 8.25. The molecular weight excluding hydrogens is 379 g/mol. The van der Waals surface area contributed by atoms with Crippen LogP contribution in [0.1, 0.15) is 39.5 Å². The van der Waals surface area contributed by atoms with E-state index in [4.69, 9.17) is 4.74 Å². The molecule has 5 rings (SSSR count). The van der Waals surface area contributed by atoms with Crippen LogP contribution in [0.15, 0.2) is 35.9 Å². The quantitative estimate of drug-likeness (QED) is 0.611. The lowest BCUT2D eigenvalue weighted by Crippen LogP contribution is -3.15. The Kier molecular flexibility index (Phi) is 5.12. The maximum atomic E-state index is 13.2. The van der Waals surface area contributed by atoms with Crippen molar-refractivity contribution < 1.29 is 18.8 Å². The molecule has 0 aromatic heterocycles. The van der Waals surface area contributed by atoms with Crippen molar-refractivity contribution >= 4 is 11.7 Å². The van der Waals surface area contributed by atoms with Gasteiger partial charge in [-0.3, -0.25) is 4.79 Å². The second kappa shape index (κ2) is 7.67. The van der Waals surface area contributed by atoms with Gasteiger partial charge in [-0.1, -0.05) is 31.9 Å². The second-order valence-corrected chi connectivity index (χ2v) is 10.3. The van der Waals surface area contributed by atoms with E-state index in [2.05, 4.69) is 24.8 Å². The Morgan fingerprint density at radius 3 is 2.70 bits per heavy atom. The van der Waals surface area contributed by atoms with Crippen molar-refractivity contribution in [2.75, 3.05) is 37.6 Å². The number of hydrogen-bond donors (Lipinski definition) is 1. The molecule has 2 aliphatic heterocycles. The van der Waals surface area contributed by atoms with Gasteiger partial charge >= 0.3 is 5.97 Å². The standard InChI is InChI=1S/C25H33FN2O2/c1-17-4-3-9-25(2)15-23-20(14-22(17)25)21(24(29)30-23)16-27-10-12-28(13-11-27)19-7-5-18(26)6-8-19/h5-8,14,17,20-21,23H,3-4,9-13,15-16H2,1-2H3/p+1/t17-,20-,21+,23-,25-/m1/s1. The highest BCUT2D eigenvalue weighted by Crippen LogP contribution is 2.53. The fourth-order valence-corrected chi connectivity index (χ4v) is 6.53. The topological polar surface area (TPSA) is 34.0 Å². The molecule has 2 aliphatic carbocycles. The van der Waals surface area contributed by atoms with Crippen molar-refractivity contribution in [1.82, 2.24) is 0 Å². The number of quaternary nitrogens is 1. The van der Waals surface area contributed by atoms with Gasteiger partial charge in [0.1, 0.15) is 17.8 Å². The number of nitrogens with zero attached hydrogens (tertiary/aromatic N) is 1. The van der Waals surface area contributed by atoms with Gasteiger partial charge in [0.25, 0.3) is 0 Å². The molecule has 0 spiro atoms. The number of benzene rings is 1. The van der Waals surface area contributed by atoms with Gasteiger partial charge in [-0.15, -0.1) is 0 Å². The maximum absolute atomic E-state index is 13.2. The number of piperazine rings is 1. The van der Waals surface area contributed by atoms with Crippen molar-refractivity contribution in [1.29, 1.82) is 0 Å². The summed E-state index contributed by atoms with van der Waals surface area (Å²) in [7, 11) is 0. The molecule has 0 radical (unpaired) electrons. The average Bonchev–Trinajstić information content (AvgIpc) is 3.01. The van der Waals surface area contributed by atoms with Gasteiger partial charge in [-0.05, 0) is 54.9 Å². The highest BCUT2D eigenvalue weighted by atomic mass is 19.1. The van der Waals surface area contributed by atoms with E-state index >= 15 is 0 Å². The smallest absolute Gasteiger partial charge is 0.315 e. The number of hydrogen-bond acceptors (Lipinski definition) is 3. The van der Waals surface area contributed by atoms with Crippen LogP contribution in [0.4, 0.5) is 10.1 Å². The molecule has 5 atom stereocenters. The first-order chi connectivity index (χ1) is 14.4. The maximum Gasteiger partial charge on any atom is 0.315 e. The Balaban J connectivity index is 1.25. The Morgan fingerprint density at radius 1 is 1.23 bits per heavy atom. The predicted octanol–water partition coefficient (Wildman–Crippen LogP) is 2.84. The fourth-order valence-electron chi connectivity index (χ4n) is 6.53. The summed E-state index contributed by atoms with van der Waals surface area (Å²) in [6.07, 6.45) is 7.32. The molecule has 0 bridgehead atoms. The summed E-state index contributed by atoms with van der Waals surface area (Å²) in [6.45, 7) is 9.49. The molecule has 1 N–H and O–H groups in total. The number of allylic oxidation sites excluding steroid dienone is 1. The molecule has 162 valence electrons. The Hall–Kier alpha value is -1.88. The molecule has 30 heavy (non-hydrogen) atoms. The van der Waals surface area contributed by atoms with Gasteiger partial charge < -0.3 is 14.5 Å². The zero-order valence-corrected chi connectivity index (χ0v) is 18.2. The zero-order valence-electron chi connectivity index (χ0n) is 18.2. The van der Waals surface area contributed by atoms with Crippen LogP contribution in [0, 0.1) is 29.0 Å². The lowest BCUT2D eigenvalue weighted by molar-refractivity contribution is -0.903. The SMILES string of the molecule is C[C@@H]1CCC[C@]2(C)C[C@H]3OC(=O)[C@@H](C[NH+]4CCN(c5ccc(F)cc5)CC4)[C@H]3C=C12. The second-order valence-electron chi connectivity index (χ2n) is 10.3. The van der Waals surface area contributed by atoms with Crippen molar-refractivity contribution in [3.63, 3.8) is 0 Å². The molecule has 4 aliphatic rings. The normalized spacial score (nSPS) is 36.7. The number of carbonyl (C=O) groups is 1. The number of nitrogens with one attached hydrogen (secondary N) is 1. The van der Waals surface area contributed by atoms with Crippen LogP contribution in [0.5, 0.6) is 0 Å². The lowest BCUT2D eigenvalue weighted by Gasteiger charge is -2.46. The highest BCUT2D eigenvalue weighted by molar-refractivity contribution is 5.76. The van der Waals surface area contributed by atoms with E-state index in [0.29, 0.717) is 5.92 Å². The number of fused-ring (bicyclic) bond motifs is 2. The summed E-state index contributed by atoms with van der Waals surface area (Å²) in [5.41, 5.74) is 2.90. The number of ether oxygens (including phenoxy) is 1. The van der Waals surface area contributed by atoms with E-state index in [1.807, 2.05) is 12.1 Å². The summed E-state index contributed by atoms with van der Waals surface area (Å²) in [5, 5.41) is 0. The number of carbonyl (C=O) groups excluding carboxylic acids is 1. The van der Waals surface area contributed by atoms with Crippen LogP contribution in [-0.2, 0) is 9.53 Å². The van der Waals surface area contributed by atoms with Crippen LogP contribution < -0.4 is 9.80 Å². The lowest BCUT2D eigenvalue weighted by atomic mass is 9.59. The van der Waals surface area contributed by atoms with E-state index in [0.717, 1.165) is 44.8 Å². The van der Waals surface area contributed by atoms with Gasteiger partial charge in [-0.2, -0.15) is 0 Å². The minimum Gasteiger partial charge on any atom is -0.461 e. The van der Waals surface area contributed by atoms with E-state index in [-0.39, 0.29) is 35.1 Å². The summed E-state index contributed by atoms with van der Waals surface area (Å²) in [4.78, 5) is 16.6. The fraction of sp³-hybridized carbons (Fsp3) is 0.640. The zero-order chi connectivity index (χ0) is 20.9. The molecule has 5 heteroatoms. The Labute approximate surface area is 179 Å². The third-order valence-corrected chi connectivity index (χ3v) is 8.25. The number of anilines is 1. The highest BCUT2D eigenvalue weighted by Gasteiger charge is 2.52. The predicted molar refractivity (Wildman–Crippen MR) is 115 cm³/mol. The Morgan fingerprint density at radius 2 is 1.97 bits per heavy atom. The van der Waals surface area contributed by atoms with Gasteiger partial charge in [0, 0.05) is 11.6 Å². The molecule has 1 aromatic carbocycles. The molecule has 1 aromatic rings. The van der Waals surface area contributed by atoms with E-state index in [9.17, 15) is 9.18 Å². The molecular formula is C25H34FN2O2+. The van der Waals surface area contributed by atoms with Crippen LogP contribution in [0.3, 0.4) is 0 Å². The largest absolute Gasteiger partial charge is 0.461 e.